The van der Waals surface area contributed by atoms with Gasteiger partial charge in [0.05, 0.1) is 5.69 Å². The molecule has 5 nitrogen and oxygen atoms in total. The number of benzene rings is 1. The summed E-state index contributed by atoms with van der Waals surface area (Å²) in [6, 6.07) is 6.19. The van der Waals surface area contributed by atoms with Gasteiger partial charge in [0.15, 0.2) is 0 Å². The van der Waals surface area contributed by atoms with Gasteiger partial charge >= 0.3 is 0 Å². The van der Waals surface area contributed by atoms with Crippen LogP contribution in [-0.4, -0.2) is 37.7 Å². The molecule has 0 saturated heterocycles. The molecule has 0 aliphatic rings. The van der Waals surface area contributed by atoms with Crippen molar-refractivity contribution < 1.29 is 5.11 Å². The number of nitrogens with zero attached hydrogens (tertiary/aromatic N) is 4. The van der Waals surface area contributed by atoms with Crippen LogP contribution in [0.4, 0.5) is 0 Å². The van der Waals surface area contributed by atoms with Crippen LogP contribution in [0, 0.1) is 13.8 Å². The van der Waals surface area contributed by atoms with Gasteiger partial charge < -0.3 is 5.11 Å². The summed E-state index contributed by atoms with van der Waals surface area (Å²) in [7, 11) is 0. The Hall–Kier alpha value is -1.40. The maximum Gasteiger partial charge on any atom is 0.214 e. The zero-order chi connectivity index (χ0) is 13.7. The fourth-order valence-corrected chi connectivity index (χ4v) is 2.56. The minimum atomic E-state index is 0.239. The number of tetrazole rings is 1. The molecule has 0 saturated carbocycles. The number of thioether (sulfide) groups is 1. The van der Waals surface area contributed by atoms with E-state index in [1.54, 1.807) is 16.4 Å². The molecule has 1 N–H and O–H groups in total. The summed E-state index contributed by atoms with van der Waals surface area (Å²) >= 11 is 1.61. The van der Waals surface area contributed by atoms with Crippen molar-refractivity contribution in [1.82, 2.24) is 20.2 Å². The molecule has 0 bridgehead atoms. The topological polar surface area (TPSA) is 63.8 Å². The smallest absolute Gasteiger partial charge is 0.214 e. The largest absolute Gasteiger partial charge is 0.396 e. The zero-order valence-corrected chi connectivity index (χ0v) is 12.0. The zero-order valence-electron chi connectivity index (χ0n) is 11.2. The number of aryl methyl sites for hydroxylation is 2. The van der Waals surface area contributed by atoms with Gasteiger partial charge in [0.2, 0.25) is 5.16 Å². The number of hydrogen-bond donors (Lipinski definition) is 1. The third kappa shape index (κ3) is 3.54. The molecule has 0 atom stereocenters. The van der Waals surface area contributed by atoms with Crippen molar-refractivity contribution in [3.05, 3.63) is 29.3 Å². The highest BCUT2D eigenvalue weighted by molar-refractivity contribution is 7.99. The quantitative estimate of drug-likeness (QED) is 0.648. The van der Waals surface area contributed by atoms with Crippen molar-refractivity contribution >= 4 is 11.8 Å². The van der Waals surface area contributed by atoms with Crippen LogP contribution in [0.2, 0.25) is 0 Å². The SMILES string of the molecule is Cc1ccc(-n2nnnc2SCCCCO)cc1C. The first kappa shape index (κ1) is 14.0. The molecular formula is C13H18N4OS. The summed E-state index contributed by atoms with van der Waals surface area (Å²) < 4.78 is 1.76. The molecule has 1 heterocycles. The number of rotatable bonds is 6. The van der Waals surface area contributed by atoms with Gasteiger partial charge in [-0.15, -0.1) is 5.10 Å². The summed E-state index contributed by atoms with van der Waals surface area (Å²) in [6.07, 6.45) is 1.78. The van der Waals surface area contributed by atoms with Crippen LogP contribution in [0.15, 0.2) is 23.4 Å². The van der Waals surface area contributed by atoms with Crippen LogP contribution >= 0.6 is 11.8 Å². The average Bonchev–Trinajstić information content (AvgIpc) is 2.86. The van der Waals surface area contributed by atoms with E-state index in [0.717, 1.165) is 29.4 Å². The molecule has 0 aliphatic heterocycles. The minimum Gasteiger partial charge on any atom is -0.396 e. The van der Waals surface area contributed by atoms with Crippen molar-refractivity contribution in [2.24, 2.45) is 0 Å². The van der Waals surface area contributed by atoms with Crippen LogP contribution in [0.5, 0.6) is 0 Å². The first-order chi connectivity index (χ1) is 9.22. The van der Waals surface area contributed by atoms with E-state index in [9.17, 15) is 0 Å². The van der Waals surface area contributed by atoms with E-state index >= 15 is 0 Å². The summed E-state index contributed by atoms with van der Waals surface area (Å²) in [4.78, 5) is 0. The molecule has 0 spiro atoms. The van der Waals surface area contributed by atoms with E-state index in [1.807, 2.05) is 6.07 Å². The number of hydrogen-bond acceptors (Lipinski definition) is 5. The second-order valence-corrected chi connectivity index (χ2v) is 5.48. The second kappa shape index (κ2) is 6.68. The van der Waals surface area contributed by atoms with E-state index in [2.05, 4.69) is 41.5 Å². The van der Waals surface area contributed by atoms with Gasteiger partial charge in [-0.25, -0.2) is 0 Å². The molecule has 0 fully saturated rings. The fraction of sp³-hybridized carbons (Fsp3) is 0.462. The van der Waals surface area contributed by atoms with Crippen molar-refractivity contribution in [2.75, 3.05) is 12.4 Å². The van der Waals surface area contributed by atoms with Gasteiger partial charge in [0, 0.05) is 12.4 Å². The Morgan fingerprint density at radius 2 is 2.05 bits per heavy atom. The molecule has 1 aromatic carbocycles. The van der Waals surface area contributed by atoms with Crippen LogP contribution in [0.3, 0.4) is 0 Å². The summed E-state index contributed by atoms with van der Waals surface area (Å²) in [5.74, 6) is 0.909. The Morgan fingerprint density at radius 1 is 1.21 bits per heavy atom. The highest BCUT2D eigenvalue weighted by Crippen LogP contribution is 2.20. The molecule has 1 aromatic heterocycles. The first-order valence-corrected chi connectivity index (χ1v) is 7.30. The van der Waals surface area contributed by atoms with E-state index < -0.39 is 0 Å². The highest BCUT2D eigenvalue weighted by atomic mass is 32.2. The van der Waals surface area contributed by atoms with E-state index in [1.165, 1.54) is 11.1 Å². The number of aliphatic hydroxyl groups excluding tert-OH is 1. The Kier molecular flexibility index (Phi) is 4.93. The summed E-state index contributed by atoms with van der Waals surface area (Å²) in [6.45, 7) is 4.41. The maximum absolute atomic E-state index is 8.76. The Bertz CT molecular complexity index is 541. The average molecular weight is 278 g/mol. The second-order valence-electron chi connectivity index (χ2n) is 4.42. The van der Waals surface area contributed by atoms with E-state index in [4.69, 9.17) is 5.11 Å². The molecule has 0 radical (unpaired) electrons. The standard InChI is InChI=1S/C13H18N4OS/c1-10-5-6-12(9-11(10)2)17-13(14-15-16-17)19-8-4-3-7-18/h5-6,9,18H,3-4,7-8H2,1-2H3. The van der Waals surface area contributed by atoms with Crippen molar-refractivity contribution in [3.63, 3.8) is 0 Å². The predicted octanol–water partition coefficient (Wildman–Crippen LogP) is 2.14. The lowest BCUT2D eigenvalue weighted by molar-refractivity contribution is 0.287. The first-order valence-electron chi connectivity index (χ1n) is 6.32. The van der Waals surface area contributed by atoms with Crippen molar-refractivity contribution in [1.29, 1.82) is 0 Å². The molecule has 6 heteroatoms. The summed E-state index contributed by atoms with van der Waals surface area (Å²) in [5, 5.41) is 21.4. The lowest BCUT2D eigenvalue weighted by atomic mass is 10.1. The normalized spacial score (nSPS) is 10.9. The van der Waals surface area contributed by atoms with Gasteiger partial charge in [-0.1, -0.05) is 17.8 Å². The van der Waals surface area contributed by atoms with Crippen LogP contribution in [-0.2, 0) is 0 Å². The number of aromatic nitrogens is 4. The third-order valence-electron chi connectivity index (χ3n) is 2.96. The van der Waals surface area contributed by atoms with E-state index in [0.29, 0.717) is 0 Å². The predicted molar refractivity (Wildman–Crippen MR) is 75.7 cm³/mol. The van der Waals surface area contributed by atoms with Crippen molar-refractivity contribution in [2.45, 2.75) is 31.8 Å². The lowest BCUT2D eigenvalue weighted by Gasteiger charge is -2.06. The molecule has 102 valence electrons. The Labute approximate surface area is 117 Å². The van der Waals surface area contributed by atoms with Gasteiger partial charge in [-0.2, -0.15) is 4.68 Å². The van der Waals surface area contributed by atoms with E-state index in [-0.39, 0.29) is 6.61 Å². The number of aliphatic hydroxyl groups is 1. The Morgan fingerprint density at radius 3 is 2.79 bits per heavy atom. The van der Waals surface area contributed by atoms with Gasteiger partial charge in [-0.05, 0) is 60.4 Å². The lowest BCUT2D eigenvalue weighted by Crippen LogP contribution is -2.00. The van der Waals surface area contributed by atoms with Gasteiger partial charge in [0.1, 0.15) is 0 Å². The number of unbranched alkanes of at least 4 members (excludes halogenated alkanes) is 1. The summed E-state index contributed by atoms with van der Waals surface area (Å²) in [5.41, 5.74) is 3.47. The molecule has 2 rings (SSSR count). The van der Waals surface area contributed by atoms with Crippen LogP contribution < -0.4 is 0 Å². The fourth-order valence-electron chi connectivity index (χ4n) is 1.67. The van der Waals surface area contributed by atoms with Crippen LogP contribution in [0.25, 0.3) is 5.69 Å². The van der Waals surface area contributed by atoms with Gasteiger partial charge in [0.25, 0.3) is 0 Å². The molecule has 0 aliphatic carbocycles. The molecule has 0 amide bonds. The van der Waals surface area contributed by atoms with Gasteiger partial charge in [-0.3, -0.25) is 0 Å². The molecule has 2 aromatic rings. The van der Waals surface area contributed by atoms with Crippen molar-refractivity contribution in [3.8, 4) is 5.69 Å². The third-order valence-corrected chi connectivity index (χ3v) is 3.97. The molecular weight excluding hydrogens is 260 g/mol. The highest BCUT2D eigenvalue weighted by Gasteiger charge is 2.09. The Balaban J connectivity index is 2.12. The van der Waals surface area contributed by atoms with Crippen LogP contribution in [0.1, 0.15) is 24.0 Å². The molecule has 19 heavy (non-hydrogen) atoms. The molecule has 0 unspecified atom stereocenters. The maximum atomic E-state index is 8.76. The monoisotopic (exact) mass is 278 g/mol. The minimum absolute atomic E-state index is 0.239.